The van der Waals surface area contributed by atoms with Crippen molar-refractivity contribution in [3.05, 3.63) is 57.0 Å². The summed E-state index contributed by atoms with van der Waals surface area (Å²) in [4.78, 5) is 18.3. The number of nitrogens with zero attached hydrogens (tertiary/aromatic N) is 2. The minimum Gasteiger partial charge on any atom is -0.480 e. The lowest BCUT2D eigenvalue weighted by atomic mass is 10.2. The smallest absolute Gasteiger partial charge is 0.260 e. The minimum atomic E-state index is -0.145. The monoisotopic (exact) mass is 466 g/mol. The summed E-state index contributed by atoms with van der Waals surface area (Å²) in [6.45, 7) is 2.19. The Hall–Kier alpha value is -1.86. The van der Waals surface area contributed by atoms with Gasteiger partial charge in [-0.3, -0.25) is 9.78 Å². The van der Waals surface area contributed by atoms with Crippen LogP contribution in [-0.4, -0.2) is 29.4 Å². The number of pyridine rings is 1. The first kappa shape index (κ1) is 17.9. The Morgan fingerprint density at radius 1 is 1.28 bits per heavy atom. The van der Waals surface area contributed by atoms with Gasteiger partial charge in [0.2, 0.25) is 0 Å². The number of aryl methyl sites for hydroxylation is 1. The van der Waals surface area contributed by atoms with E-state index in [1.807, 2.05) is 37.3 Å². The number of aromatic nitrogens is 1. The highest BCUT2D eigenvalue weighted by atomic mass is 79.9. The fourth-order valence-corrected chi connectivity index (χ4v) is 3.81. The van der Waals surface area contributed by atoms with Crippen LogP contribution in [0.2, 0.25) is 0 Å². The van der Waals surface area contributed by atoms with Crippen LogP contribution in [0.3, 0.4) is 0 Å². The van der Waals surface area contributed by atoms with Gasteiger partial charge in [0.15, 0.2) is 12.4 Å². The second-order valence-electron chi connectivity index (χ2n) is 5.62. The highest BCUT2D eigenvalue weighted by molar-refractivity contribution is 9.11. The lowest BCUT2D eigenvalue weighted by Crippen LogP contribution is -2.30. The zero-order valence-corrected chi connectivity index (χ0v) is 16.9. The Bertz CT molecular complexity index is 924. The van der Waals surface area contributed by atoms with E-state index in [1.165, 1.54) is 0 Å². The predicted molar refractivity (Wildman–Crippen MR) is 103 cm³/mol. The van der Waals surface area contributed by atoms with Crippen LogP contribution in [0.15, 0.2) is 49.9 Å². The topological polar surface area (TPSA) is 55.6 Å². The summed E-state index contributed by atoms with van der Waals surface area (Å²) in [6, 6.07) is 9.43. The second-order valence-corrected chi connectivity index (χ2v) is 7.33. The molecule has 1 aromatic carbocycles. The van der Waals surface area contributed by atoms with Gasteiger partial charge in [-0.15, -0.1) is 0 Å². The van der Waals surface area contributed by atoms with E-state index in [0.717, 1.165) is 25.9 Å². The number of halogens is 2. The maximum Gasteiger partial charge on any atom is 0.260 e. The lowest BCUT2D eigenvalue weighted by Gasteiger charge is -2.17. The van der Waals surface area contributed by atoms with Gasteiger partial charge in [-0.2, -0.15) is 0 Å². The molecule has 0 atom stereocenters. The highest BCUT2D eigenvalue weighted by Crippen LogP contribution is 2.37. The molecule has 0 fully saturated rings. The van der Waals surface area contributed by atoms with Crippen molar-refractivity contribution in [1.29, 1.82) is 0 Å². The molecule has 0 radical (unpaired) electrons. The Labute approximate surface area is 162 Å². The van der Waals surface area contributed by atoms with Crippen molar-refractivity contribution < 1.29 is 13.9 Å². The summed E-state index contributed by atoms with van der Waals surface area (Å²) in [5.41, 5.74) is 0.695. The highest BCUT2D eigenvalue weighted by Gasteiger charge is 2.16. The average molecular weight is 468 g/mol. The summed E-state index contributed by atoms with van der Waals surface area (Å²) >= 11 is 6.99. The zero-order valence-electron chi connectivity index (χ0n) is 13.8. The van der Waals surface area contributed by atoms with Crippen molar-refractivity contribution in [1.82, 2.24) is 9.88 Å². The minimum absolute atomic E-state index is 0.0813. The summed E-state index contributed by atoms with van der Waals surface area (Å²) < 4.78 is 12.9. The number of furan rings is 1. The van der Waals surface area contributed by atoms with E-state index in [0.29, 0.717) is 17.8 Å². The molecule has 3 rings (SSSR count). The molecule has 0 aliphatic rings. The van der Waals surface area contributed by atoms with Gasteiger partial charge in [-0.05, 0) is 47.1 Å². The number of fused-ring (bicyclic) bond motifs is 1. The van der Waals surface area contributed by atoms with E-state index in [-0.39, 0.29) is 12.5 Å². The van der Waals surface area contributed by atoms with E-state index in [9.17, 15) is 4.79 Å². The predicted octanol–water partition coefficient (Wildman–Crippen LogP) is 4.70. The maximum absolute atomic E-state index is 12.4. The number of hydrogen-bond acceptors (Lipinski definition) is 4. The summed E-state index contributed by atoms with van der Waals surface area (Å²) in [6.07, 6.45) is 1.70. The summed E-state index contributed by atoms with van der Waals surface area (Å²) in [5.74, 6) is 1.97. The standard InChI is InChI=1S/C18H16Br2N2O3/c1-11-5-6-12(25-11)9-22(2)16(23)10-24-18-15(20)8-14(19)13-4-3-7-21-17(13)18/h3-8H,9-10H2,1-2H3. The van der Waals surface area contributed by atoms with Crippen LogP contribution in [-0.2, 0) is 11.3 Å². The number of benzene rings is 1. The van der Waals surface area contributed by atoms with Gasteiger partial charge in [0.1, 0.15) is 17.0 Å². The van der Waals surface area contributed by atoms with Crippen molar-refractivity contribution in [2.75, 3.05) is 13.7 Å². The number of likely N-dealkylation sites (N-methyl/N-ethyl adjacent to an activating group) is 1. The molecule has 0 N–H and O–H groups in total. The van der Waals surface area contributed by atoms with Gasteiger partial charge in [0, 0.05) is 23.1 Å². The Morgan fingerprint density at radius 3 is 2.80 bits per heavy atom. The molecule has 0 aliphatic heterocycles. The molecule has 0 bridgehead atoms. The van der Waals surface area contributed by atoms with Crippen LogP contribution in [0.4, 0.5) is 0 Å². The Kier molecular flexibility index (Phi) is 5.44. The van der Waals surface area contributed by atoms with Crippen LogP contribution >= 0.6 is 31.9 Å². The summed E-state index contributed by atoms with van der Waals surface area (Å²) in [5, 5.41) is 0.924. The SMILES string of the molecule is Cc1ccc(CN(C)C(=O)COc2c(Br)cc(Br)c3cccnc23)o1. The van der Waals surface area contributed by atoms with E-state index < -0.39 is 0 Å². The zero-order chi connectivity index (χ0) is 18.0. The number of rotatable bonds is 5. The third kappa shape index (κ3) is 4.04. The maximum atomic E-state index is 12.4. The average Bonchev–Trinajstić information content (AvgIpc) is 2.99. The number of carbonyl (C=O) groups excluding carboxylic acids is 1. The number of hydrogen-bond donors (Lipinski definition) is 0. The first-order valence-electron chi connectivity index (χ1n) is 7.60. The fraction of sp³-hybridized carbons (Fsp3) is 0.222. The molecule has 130 valence electrons. The molecule has 0 aliphatic carbocycles. The third-order valence-electron chi connectivity index (χ3n) is 3.71. The molecule has 0 spiro atoms. The van der Waals surface area contributed by atoms with Crippen LogP contribution in [0.1, 0.15) is 11.5 Å². The molecule has 0 unspecified atom stereocenters. The van der Waals surface area contributed by atoms with Gasteiger partial charge in [0.25, 0.3) is 5.91 Å². The van der Waals surface area contributed by atoms with Crippen molar-refractivity contribution >= 4 is 48.7 Å². The number of carbonyl (C=O) groups is 1. The molecule has 1 amide bonds. The first-order chi connectivity index (χ1) is 12.0. The first-order valence-corrected chi connectivity index (χ1v) is 9.19. The van der Waals surface area contributed by atoms with Crippen LogP contribution in [0.25, 0.3) is 10.9 Å². The van der Waals surface area contributed by atoms with Gasteiger partial charge >= 0.3 is 0 Å². The molecule has 0 saturated heterocycles. The van der Waals surface area contributed by atoms with Gasteiger partial charge in [-0.25, -0.2) is 0 Å². The van der Waals surface area contributed by atoms with Crippen LogP contribution < -0.4 is 4.74 Å². The number of amides is 1. The van der Waals surface area contributed by atoms with E-state index in [2.05, 4.69) is 36.8 Å². The molecule has 2 heterocycles. The molecule has 7 heteroatoms. The quantitative estimate of drug-likeness (QED) is 0.545. The van der Waals surface area contributed by atoms with Crippen LogP contribution in [0.5, 0.6) is 5.75 Å². The molecule has 5 nitrogen and oxygen atoms in total. The van der Waals surface area contributed by atoms with E-state index in [1.54, 1.807) is 18.1 Å². The van der Waals surface area contributed by atoms with Crippen LogP contribution in [0, 0.1) is 6.92 Å². The second kappa shape index (κ2) is 7.58. The van der Waals surface area contributed by atoms with Gasteiger partial charge in [-0.1, -0.05) is 22.0 Å². The fourth-order valence-electron chi connectivity index (χ4n) is 2.42. The molecular weight excluding hydrogens is 452 g/mol. The van der Waals surface area contributed by atoms with Crippen molar-refractivity contribution in [2.24, 2.45) is 0 Å². The molecular formula is C18H16Br2N2O3. The van der Waals surface area contributed by atoms with E-state index >= 15 is 0 Å². The van der Waals surface area contributed by atoms with E-state index in [4.69, 9.17) is 9.15 Å². The molecule has 0 saturated carbocycles. The largest absolute Gasteiger partial charge is 0.480 e. The Balaban J connectivity index is 1.73. The molecule has 25 heavy (non-hydrogen) atoms. The van der Waals surface area contributed by atoms with Crippen molar-refractivity contribution in [2.45, 2.75) is 13.5 Å². The Morgan fingerprint density at radius 2 is 2.08 bits per heavy atom. The summed E-state index contributed by atoms with van der Waals surface area (Å²) in [7, 11) is 1.72. The third-order valence-corrected chi connectivity index (χ3v) is 4.95. The number of ether oxygens (including phenoxy) is 1. The van der Waals surface area contributed by atoms with Gasteiger partial charge in [0.05, 0.1) is 11.0 Å². The molecule has 3 aromatic rings. The lowest BCUT2D eigenvalue weighted by molar-refractivity contribution is -0.132. The normalized spacial score (nSPS) is 10.9. The molecule has 2 aromatic heterocycles. The van der Waals surface area contributed by atoms with Gasteiger partial charge < -0.3 is 14.1 Å². The van der Waals surface area contributed by atoms with Crippen molar-refractivity contribution in [3.8, 4) is 5.75 Å². The van der Waals surface area contributed by atoms with Crippen molar-refractivity contribution in [3.63, 3.8) is 0 Å².